The van der Waals surface area contributed by atoms with Gasteiger partial charge in [-0.1, -0.05) is 60.7 Å². The van der Waals surface area contributed by atoms with Gasteiger partial charge in [0.2, 0.25) is 5.91 Å². The molecule has 0 saturated carbocycles. The van der Waals surface area contributed by atoms with E-state index in [1.807, 2.05) is 48.5 Å². The van der Waals surface area contributed by atoms with Crippen LogP contribution in [-0.2, 0) is 28.7 Å². The summed E-state index contributed by atoms with van der Waals surface area (Å²) < 4.78 is 28.6. The number of aromatic hydroxyl groups is 1. The highest BCUT2D eigenvalue weighted by atomic mass is 32.2. The van der Waals surface area contributed by atoms with Crippen molar-refractivity contribution in [1.82, 2.24) is 0 Å². The summed E-state index contributed by atoms with van der Waals surface area (Å²) in [5.74, 6) is -0.158. The molecule has 3 aromatic rings. The maximum atomic E-state index is 11.4. The molecule has 0 heterocycles. The molecular formula is C24H24NO5S-. The Labute approximate surface area is 184 Å². The Bertz CT molecular complexity index is 1040. The van der Waals surface area contributed by atoms with Crippen molar-refractivity contribution < 1.29 is 23.4 Å². The highest BCUT2D eigenvalue weighted by Crippen LogP contribution is 2.29. The standard InChI is InChI=1S/C24H25NO5S/c25-24(27)16-23(31(28)29)20-9-6-18(7-10-20)14-19-8-11-21(26)22(15-19)30-13-12-17-4-2-1-3-5-17/h1-11,15,23,26H,12-14,16H2,(H2,25,27)(H,28,29)/p-1. The van der Waals surface area contributed by atoms with Gasteiger partial charge in [-0.15, -0.1) is 0 Å². The molecule has 0 saturated heterocycles. The summed E-state index contributed by atoms with van der Waals surface area (Å²) in [6, 6.07) is 22.2. The lowest BCUT2D eigenvalue weighted by Gasteiger charge is -2.19. The summed E-state index contributed by atoms with van der Waals surface area (Å²) in [6.45, 7) is 0.448. The molecule has 0 aliphatic carbocycles. The highest BCUT2D eigenvalue weighted by molar-refractivity contribution is 7.79. The van der Waals surface area contributed by atoms with Crippen molar-refractivity contribution in [1.29, 1.82) is 0 Å². The summed E-state index contributed by atoms with van der Waals surface area (Å²) in [5, 5.41) is 9.14. The molecule has 0 bridgehead atoms. The third kappa shape index (κ3) is 6.67. The number of carbonyl (C=O) groups is 1. The van der Waals surface area contributed by atoms with Crippen LogP contribution in [0.1, 0.15) is 33.9 Å². The second-order valence-corrected chi connectivity index (χ2v) is 8.31. The lowest BCUT2D eigenvalue weighted by atomic mass is 10.0. The van der Waals surface area contributed by atoms with Crippen LogP contribution in [0.15, 0.2) is 72.8 Å². The molecule has 1 amide bonds. The first-order valence-corrected chi connectivity index (χ1v) is 11.0. The maximum absolute atomic E-state index is 11.4. The summed E-state index contributed by atoms with van der Waals surface area (Å²) in [5.41, 5.74) is 8.73. The van der Waals surface area contributed by atoms with Gasteiger partial charge in [-0.05, 0) is 51.9 Å². The Morgan fingerprint density at radius 2 is 1.68 bits per heavy atom. The molecule has 0 spiro atoms. The molecule has 6 nitrogen and oxygen atoms in total. The molecular weight excluding hydrogens is 414 g/mol. The normalized spacial score (nSPS) is 12.8. The summed E-state index contributed by atoms with van der Waals surface area (Å²) in [6.07, 6.45) is 1.06. The quantitative estimate of drug-likeness (QED) is 0.471. The monoisotopic (exact) mass is 438 g/mol. The molecule has 0 aliphatic rings. The Hall–Kier alpha value is -3.16. The van der Waals surface area contributed by atoms with E-state index < -0.39 is 22.2 Å². The summed E-state index contributed by atoms with van der Waals surface area (Å²) in [7, 11) is 0. The van der Waals surface area contributed by atoms with Gasteiger partial charge >= 0.3 is 0 Å². The van der Waals surface area contributed by atoms with Crippen molar-refractivity contribution in [3.63, 3.8) is 0 Å². The molecule has 0 aliphatic heterocycles. The fraction of sp³-hybridized carbons (Fsp3) is 0.208. The van der Waals surface area contributed by atoms with E-state index in [2.05, 4.69) is 0 Å². The van der Waals surface area contributed by atoms with Crippen molar-refractivity contribution in [3.8, 4) is 11.5 Å². The van der Waals surface area contributed by atoms with Crippen LogP contribution in [-0.4, -0.2) is 26.4 Å². The molecule has 0 fully saturated rings. The zero-order chi connectivity index (χ0) is 22.2. The number of phenols is 1. The zero-order valence-corrected chi connectivity index (χ0v) is 17.7. The predicted octanol–water partition coefficient (Wildman–Crippen LogP) is 3.40. The number of phenolic OH excluding ortho intramolecular Hbond substituents is 1. The number of nitrogens with two attached hydrogens (primary N) is 1. The van der Waals surface area contributed by atoms with Gasteiger partial charge in [-0.2, -0.15) is 0 Å². The Kier molecular flexibility index (Phi) is 7.81. The topological polar surface area (TPSA) is 113 Å². The molecule has 0 radical (unpaired) electrons. The van der Waals surface area contributed by atoms with Gasteiger partial charge < -0.3 is 20.1 Å². The number of ether oxygens (including phenoxy) is 1. The van der Waals surface area contributed by atoms with E-state index in [1.54, 1.807) is 24.3 Å². The van der Waals surface area contributed by atoms with Gasteiger partial charge in [0.1, 0.15) is 0 Å². The Morgan fingerprint density at radius 1 is 1.00 bits per heavy atom. The van der Waals surface area contributed by atoms with Crippen LogP contribution >= 0.6 is 0 Å². The molecule has 0 aromatic heterocycles. The predicted molar refractivity (Wildman–Crippen MR) is 118 cm³/mol. The van der Waals surface area contributed by atoms with Crippen LogP contribution in [0.4, 0.5) is 0 Å². The lowest BCUT2D eigenvalue weighted by molar-refractivity contribution is -0.118. The number of hydrogen-bond donors (Lipinski definition) is 2. The van der Waals surface area contributed by atoms with Crippen molar-refractivity contribution in [2.45, 2.75) is 24.5 Å². The minimum Gasteiger partial charge on any atom is -0.772 e. The van der Waals surface area contributed by atoms with Crippen LogP contribution < -0.4 is 10.5 Å². The SMILES string of the molecule is NC(=O)CC(c1ccc(Cc2ccc(O)c(OCCc3ccccc3)c2)cc1)S(=O)[O-]. The van der Waals surface area contributed by atoms with Gasteiger partial charge in [-0.25, -0.2) is 0 Å². The van der Waals surface area contributed by atoms with Crippen LogP contribution in [0.25, 0.3) is 0 Å². The molecule has 31 heavy (non-hydrogen) atoms. The zero-order valence-electron chi connectivity index (χ0n) is 16.9. The molecule has 3 N–H and O–H groups in total. The number of carbonyl (C=O) groups excluding carboxylic acids is 1. The first-order valence-electron chi connectivity index (χ1n) is 9.86. The van der Waals surface area contributed by atoms with E-state index in [1.165, 1.54) is 0 Å². The van der Waals surface area contributed by atoms with E-state index in [0.29, 0.717) is 24.3 Å². The molecule has 2 atom stereocenters. The smallest absolute Gasteiger partial charge is 0.218 e. The number of benzene rings is 3. The highest BCUT2D eigenvalue weighted by Gasteiger charge is 2.15. The maximum Gasteiger partial charge on any atom is 0.218 e. The third-order valence-electron chi connectivity index (χ3n) is 4.89. The van der Waals surface area contributed by atoms with Crippen LogP contribution in [0.2, 0.25) is 0 Å². The summed E-state index contributed by atoms with van der Waals surface area (Å²) in [4.78, 5) is 11.1. The number of amides is 1. The third-order valence-corrected chi connectivity index (χ3v) is 5.80. The Balaban J connectivity index is 1.65. The van der Waals surface area contributed by atoms with Crippen molar-refractivity contribution in [2.24, 2.45) is 5.73 Å². The average molecular weight is 439 g/mol. The number of primary amides is 1. The fourth-order valence-corrected chi connectivity index (χ4v) is 3.95. The first-order chi connectivity index (χ1) is 14.9. The van der Waals surface area contributed by atoms with Gasteiger partial charge in [-0.3, -0.25) is 9.00 Å². The van der Waals surface area contributed by atoms with E-state index >= 15 is 0 Å². The van der Waals surface area contributed by atoms with E-state index in [-0.39, 0.29) is 12.2 Å². The largest absolute Gasteiger partial charge is 0.772 e. The minimum atomic E-state index is -2.44. The van der Waals surface area contributed by atoms with Crippen LogP contribution in [0.3, 0.4) is 0 Å². The number of rotatable bonds is 10. The van der Waals surface area contributed by atoms with Crippen LogP contribution in [0.5, 0.6) is 11.5 Å². The molecule has 3 aromatic carbocycles. The minimum absolute atomic E-state index is 0.0828. The second-order valence-electron chi connectivity index (χ2n) is 7.22. The van der Waals surface area contributed by atoms with Gasteiger partial charge in [0.05, 0.1) is 11.9 Å². The lowest BCUT2D eigenvalue weighted by Crippen LogP contribution is -2.18. The van der Waals surface area contributed by atoms with Crippen molar-refractivity contribution >= 4 is 17.0 Å². The van der Waals surface area contributed by atoms with Gasteiger partial charge in [0.15, 0.2) is 11.5 Å². The molecule has 162 valence electrons. The molecule has 3 rings (SSSR count). The van der Waals surface area contributed by atoms with E-state index in [0.717, 1.165) is 23.1 Å². The van der Waals surface area contributed by atoms with Crippen molar-refractivity contribution in [2.75, 3.05) is 6.61 Å². The molecule has 2 unspecified atom stereocenters. The Morgan fingerprint density at radius 3 is 2.32 bits per heavy atom. The first kappa shape index (κ1) is 22.5. The summed E-state index contributed by atoms with van der Waals surface area (Å²) >= 11 is -2.44. The second kappa shape index (κ2) is 10.7. The fourth-order valence-electron chi connectivity index (χ4n) is 3.27. The van der Waals surface area contributed by atoms with Crippen molar-refractivity contribution in [3.05, 3.63) is 95.1 Å². The van der Waals surface area contributed by atoms with E-state index in [9.17, 15) is 18.7 Å². The van der Waals surface area contributed by atoms with E-state index in [4.69, 9.17) is 10.5 Å². The molecule has 7 heteroatoms. The van der Waals surface area contributed by atoms with Gasteiger partial charge in [0.25, 0.3) is 0 Å². The average Bonchev–Trinajstić information content (AvgIpc) is 2.75. The number of hydrogen-bond acceptors (Lipinski definition) is 5. The van der Waals surface area contributed by atoms with Crippen LogP contribution in [0, 0.1) is 0 Å². The van der Waals surface area contributed by atoms with Gasteiger partial charge in [0, 0.05) is 12.8 Å².